The van der Waals surface area contributed by atoms with Crippen molar-refractivity contribution < 1.29 is 0 Å². The maximum atomic E-state index is 6.29. The molecule has 5 rings (SSSR count). The molecule has 1 aliphatic rings. The molecular formula is C24H21ClN2. The number of fused-ring (bicyclic) bond motifs is 5. The lowest BCUT2D eigenvalue weighted by atomic mass is 9.89. The smallest absolute Gasteiger partial charge is 0.0758 e. The summed E-state index contributed by atoms with van der Waals surface area (Å²) in [7, 11) is 0. The summed E-state index contributed by atoms with van der Waals surface area (Å²) < 4.78 is 0. The van der Waals surface area contributed by atoms with Gasteiger partial charge in [0, 0.05) is 29.1 Å². The van der Waals surface area contributed by atoms with Crippen LogP contribution >= 0.6 is 11.6 Å². The first-order valence-electron chi connectivity index (χ1n) is 9.56. The van der Waals surface area contributed by atoms with Crippen LogP contribution in [0.2, 0.25) is 5.02 Å². The van der Waals surface area contributed by atoms with Gasteiger partial charge in [0.05, 0.1) is 11.2 Å². The number of aromatic nitrogens is 1. The average Bonchev–Trinajstić information content (AvgIpc) is 2.72. The second-order valence-corrected chi connectivity index (χ2v) is 7.66. The third kappa shape index (κ3) is 2.80. The zero-order chi connectivity index (χ0) is 18.4. The van der Waals surface area contributed by atoms with Gasteiger partial charge >= 0.3 is 0 Å². The van der Waals surface area contributed by atoms with Crippen LogP contribution in [0.25, 0.3) is 32.9 Å². The summed E-state index contributed by atoms with van der Waals surface area (Å²) in [6.07, 6.45) is 1.06. The number of likely N-dealkylation sites (N-methyl/N-ethyl adjacent to an activating group) is 1. The number of pyridine rings is 1. The molecule has 0 unspecified atom stereocenters. The third-order valence-electron chi connectivity index (χ3n) is 5.70. The summed E-state index contributed by atoms with van der Waals surface area (Å²) in [5, 5.41) is 4.67. The molecule has 1 aromatic heterocycles. The van der Waals surface area contributed by atoms with E-state index in [2.05, 4.69) is 54.3 Å². The second kappa shape index (κ2) is 6.63. The van der Waals surface area contributed by atoms with Gasteiger partial charge in [-0.2, -0.15) is 0 Å². The summed E-state index contributed by atoms with van der Waals surface area (Å²) in [4.78, 5) is 7.63. The van der Waals surface area contributed by atoms with E-state index in [1.807, 2.05) is 18.2 Å². The topological polar surface area (TPSA) is 16.1 Å². The van der Waals surface area contributed by atoms with Gasteiger partial charge in [0.25, 0.3) is 0 Å². The normalized spacial score (nSPS) is 14.6. The minimum Gasteiger partial charge on any atom is -0.299 e. The van der Waals surface area contributed by atoms with Gasteiger partial charge in [0.2, 0.25) is 0 Å². The van der Waals surface area contributed by atoms with Crippen LogP contribution in [0.3, 0.4) is 0 Å². The molecule has 0 atom stereocenters. The van der Waals surface area contributed by atoms with E-state index in [0.29, 0.717) is 0 Å². The number of hydrogen-bond acceptors (Lipinski definition) is 2. The van der Waals surface area contributed by atoms with Crippen LogP contribution in [0, 0.1) is 0 Å². The van der Waals surface area contributed by atoms with Crippen molar-refractivity contribution in [3.8, 4) is 11.3 Å². The first-order chi connectivity index (χ1) is 13.2. The van der Waals surface area contributed by atoms with Crippen LogP contribution in [0.5, 0.6) is 0 Å². The van der Waals surface area contributed by atoms with E-state index in [-0.39, 0.29) is 0 Å². The highest BCUT2D eigenvalue weighted by molar-refractivity contribution is 6.30. The maximum Gasteiger partial charge on any atom is 0.0758 e. The quantitative estimate of drug-likeness (QED) is 0.396. The Morgan fingerprint density at radius 2 is 1.89 bits per heavy atom. The molecule has 0 saturated carbocycles. The molecule has 27 heavy (non-hydrogen) atoms. The Hall–Kier alpha value is -2.42. The molecule has 0 saturated heterocycles. The molecule has 0 fully saturated rings. The lowest BCUT2D eigenvalue weighted by molar-refractivity contribution is 0.269. The number of nitrogens with zero attached hydrogens (tertiary/aromatic N) is 2. The van der Waals surface area contributed by atoms with Gasteiger partial charge in [-0.05, 0) is 53.1 Å². The Bertz CT molecular complexity index is 1170. The van der Waals surface area contributed by atoms with Gasteiger partial charge in [0.1, 0.15) is 0 Å². The van der Waals surface area contributed by atoms with Gasteiger partial charge in [-0.1, -0.05) is 61.0 Å². The Balaban J connectivity index is 1.87. The summed E-state index contributed by atoms with van der Waals surface area (Å²) in [6, 6.07) is 21.1. The SMILES string of the molecule is CCN1CCc2c(c(-c3cccc(Cl)c3)nc3ccc4ccccc4c23)C1. The van der Waals surface area contributed by atoms with E-state index in [4.69, 9.17) is 16.6 Å². The molecule has 0 spiro atoms. The number of rotatable bonds is 2. The molecule has 0 aliphatic carbocycles. The molecule has 0 bridgehead atoms. The van der Waals surface area contributed by atoms with Crippen molar-refractivity contribution in [1.82, 2.24) is 9.88 Å². The third-order valence-corrected chi connectivity index (χ3v) is 5.93. The zero-order valence-electron chi connectivity index (χ0n) is 15.4. The molecular weight excluding hydrogens is 352 g/mol. The van der Waals surface area contributed by atoms with Gasteiger partial charge in [-0.25, -0.2) is 4.98 Å². The van der Waals surface area contributed by atoms with Crippen molar-refractivity contribution >= 4 is 33.3 Å². The van der Waals surface area contributed by atoms with Crippen molar-refractivity contribution in [2.75, 3.05) is 13.1 Å². The average molecular weight is 373 g/mol. The van der Waals surface area contributed by atoms with E-state index in [1.54, 1.807) is 0 Å². The predicted octanol–water partition coefficient (Wildman–Crippen LogP) is 6.09. The monoisotopic (exact) mass is 372 g/mol. The first-order valence-corrected chi connectivity index (χ1v) is 9.94. The molecule has 134 valence electrons. The van der Waals surface area contributed by atoms with Crippen LogP contribution in [-0.4, -0.2) is 23.0 Å². The van der Waals surface area contributed by atoms with Crippen molar-refractivity contribution in [3.05, 3.63) is 76.8 Å². The van der Waals surface area contributed by atoms with Crippen molar-refractivity contribution in [2.45, 2.75) is 19.9 Å². The van der Waals surface area contributed by atoms with Crippen LogP contribution in [-0.2, 0) is 13.0 Å². The van der Waals surface area contributed by atoms with Crippen LogP contribution in [0.15, 0.2) is 60.7 Å². The van der Waals surface area contributed by atoms with Crippen molar-refractivity contribution in [3.63, 3.8) is 0 Å². The zero-order valence-corrected chi connectivity index (χ0v) is 16.1. The van der Waals surface area contributed by atoms with Gasteiger partial charge in [0.15, 0.2) is 0 Å². The second-order valence-electron chi connectivity index (χ2n) is 7.23. The molecule has 3 heteroatoms. The van der Waals surface area contributed by atoms with Crippen molar-refractivity contribution in [2.24, 2.45) is 0 Å². The van der Waals surface area contributed by atoms with Crippen LogP contribution in [0.4, 0.5) is 0 Å². The molecule has 3 aromatic carbocycles. The summed E-state index contributed by atoms with van der Waals surface area (Å²) >= 11 is 6.29. The standard InChI is InChI=1S/C24H21ClN2/c1-2-27-13-12-20-21(15-27)24(17-7-5-8-18(25)14-17)26-22-11-10-16-6-3-4-9-19(16)23(20)22/h3-11,14H,2,12-13,15H2,1H3. The molecule has 1 aliphatic heterocycles. The van der Waals surface area contributed by atoms with Crippen molar-refractivity contribution in [1.29, 1.82) is 0 Å². The van der Waals surface area contributed by atoms with E-state index >= 15 is 0 Å². The molecule has 2 heterocycles. The summed E-state index contributed by atoms with van der Waals surface area (Å²) in [5.74, 6) is 0. The van der Waals surface area contributed by atoms with E-state index in [9.17, 15) is 0 Å². The highest BCUT2D eigenvalue weighted by atomic mass is 35.5. The molecule has 0 radical (unpaired) electrons. The predicted molar refractivity (Wildman–Crippen MR) is 114 cm³/mol. The van der Waals surface area contributed by atoms with Gasteiger partial charge < -0.3 is 0 Å². The summed E-state index contributed by atoms with van der Waals surface area (Å²) in [6.45, 7) is 5.33. The minimum atomic E-state index is 0.754. The molecule has 4 aromatic rings. The van der Waals surface area contributed by atoms with Gasteiger partial charge in [-0.3, -0.25) is 4.90 Å². The highest BCUT2D eigenvalue weighted by Gasteiger charge is 2.23. The molecule has 0 N–H and O–H groups in total. The van der Waals surface area contributed by atoms with Crippen LogP contribution in [0.1, 0.15) is 18.1 Å². The number of hydrogen-bond donors (Lipinski definition) is 0. The summed E-state index contributed by atoms with van der Waals surface area (Å²) in [5.41, 5.74) is 6.07. The fourth-order valence-electron chi connectivity index (χ4n) is 4.32. The lowest BCUT2D eigenvalue weighted by Crippen LogP contribution is -2.31. The number of halogens is 1. The Morgan fingerprint density at radius 3 is 2.74 bits per heavy atom. The fourth-order valence-corrected chi connectivity index (χ4v) is 4.51. The largest absolute Gasteiger partial charge is 0.299 e. The van der Waals surface area contributed by atoms with E-state index in [0.717, 1.165) is 47.9 Å². The van der Waals surface area contributed by atoms with Crippen LogP contribution < -0.4 is 0 Å². The Kier molecular flexibility index (Phi) is 4.11. The molecule has 2 nitrogen and oxygen atoms in total. The van der Waals surface area contributed by atoms with E-state index < -0.39 is 0 Å². The van der Waals surface area contributed by atoms with E-state index in [1.165, 1.54) is 27.3 Å². The maximum absolute atomic E-state index is 6.29. The first kappa shape index (κ1) is 16.7. The minimum absolute atomic E-state index is 0.754. The lowest BCUT2D eigenvalue weighted by Gasteiger charge is -2.30. The fraction of sp³-hybridized carbons (Fsp3) is 0.208. The molecule has 0 amide bonds. The number of benzene rings is 3. The Labute approximate surface area is 164 Å². The highest BCUT2D eigenvalue weighted by Crippen LogP contribution is 2.37. The Morgan fingerprint density at radius 1 is 1.00 bits per heavy atom. The van der Waals surface area contributed by atoms with Gasteiger partial charge in [-0.15, -0.1) is 0 Å².